The number of anilines is 3. The van der Waals surface area contributed by atoms with E-state index in [9.17, 15) is 0 Å². The number of rotatable bonds is 6. The van der Waals surface area contributed by atoms with Crippen LogP contribution in [-0.2, 0) is 10.8 Å². The fourth-order valence-electron chi connectivity index (χ4n) is 13.1. The summed E-state index contributed by atoms with van der Waals surface area (Å²) < 4.78 is 6.68. The van der Waals surface area contributed by atoms with Crippen LogP contribution in [0.2, 0.25) is 0 Å². The number of furan rings is 1. The van der Waals surface area contributed by atoms with Crippen LogP contribution >= 0.6 is 0 Å². The molecule has 1 aromatic heterocycles. The summed E-state index contributed by atoms with van der Waals surface area (Å²) in [5.74, 6) is 0. The molecule has 0 saturated heterocycles. The highest BCUT2D eigenvalue weighted by atomic mass is 16.3. The molecule has 0 unspecified atom stereocenters. The lowest BCUT2D eigenvalue weighted by Gasteiger charge is -2.36. The van der Waals surface area contributed by atoms with E-state index in [1.54, 1.807) is 0 Å². The van der Waals surface area contributed by atoms with Crippen LogP contribution < -0.4 is 4.90 Å². The van der Waals surface area contributed by atoms with Gasteiger partial charge in [-0.15, -0.1) is 0 Å². The van der Waals surface area contributed by atoms with Crippen molar-refractivity contribution in [1.82, 2.24) is 0 Å². The van der Waals surface area contributed by atoms with E-state index in [0.29, 0.717) is 0 Å². The van der Waals surface area contributed by atoms with E-state index in [-0.39, 0.29) is 0 Å². The highest BCUT2D eigenvalue weighted by molar-refractivity contribution is 6.10. The molecule has 0 atom stereocenters. The normalized spacial score (nSPS) is 13.9. The van der Waals surface area contributed by atoms with Crippen LogP contribution in [0.3, 0.4) is 0 Å². The second kappa shape index (κ2) is 14.8. The van der Waals surface area contributed by atoms with Crippen molar-refractivity contribution in [3.05, 3.63) is 305 Å². The zero-order valence-corrected chi connectivity index (χ0v) is 38.2. The topological polar surface area (TPSA) is 16.4 Å². The molecule has 11 aromatic carbocycles. The van der Waals surface area contributed by atoms with Crippen LogP contribution in [0, 0.1) is 0 Å². The smallest absolute Gasteiger partial charge is 0.143 e. The van der Waals surface area contributed by atoms with Gasteiger partial charge in [-0.05, 0) is 114 Å². The van der Waals surface area contributed by atoms with E-state index in [0.717, 1.165) is 50.1 Å². The Hall–Kier alpha value is -8.98. The summed E-state index contributed by atoms with van der Waals surface area (Å²) in [5.41, 5.74) is 24.2. The number of hydrogen-bond donors (Lipinski definition) is 0. The van der Waals surface area contributed by atoms with E-state index >= 15 is 0 Å². The molecule has 0 fully saturated rings. The van der Waals surface area contributed by atoms with Crippen LogP contribution in [0.1, 0.15) is 44.5 Å². The lowest BCUT2D eigenvalue weighted by Crippen LogP contribution is -2.29. The Morgan fingerprint density at radius 3 is 1.39 bits per heavy atom. The summed E-state index contributed by atoms with van der Waals surface area (Å²) in [7, 11) is 0. The van der Waals surface area contributed by atoms with Crippen molar-refractivity contribution in [2.75, 3.05) is 4.90 Å². The van der Waals surface area contributed by atoms with Crippen LogP contribution in [0.5, 0.6) is 0 Å². The van der Waals surface area contributed by atoms with E-state index < -0.39 is 10.8 Å². The highest BCUT2D eigenvalue weighted by Crippen LogP contribution is 2.65. The Labute approximate surface area is 407 Å². The van der Waals surface area contributed by atoms with Gasteiger partial charge in [0.25, 0.3) is 0 Å². The van der Waals surface area contributed by atoms with E-state index in [1.807, 2.05) is 6.07 Å². The first kappa shape index (κ1) is 39.1. The van der Waals surface area contributed by atoms with E-state index in [1.165, 1.54) is 77.9 Å². The van der Waals surface area contributed by atoms with Gasteiger partial charge in [0.1, 0.15) is 11.2 Å². The summed E-state index contributed by atoms with van der Waals surface area (Å²) in [6.45, 7) is 0. The zero-order valence-electron chi connectivity index (χ0n) is 38.2. The van der Waals surface area contributed by atoms with Gasteiger partial charge in [0.05, 0.1) is 16.5 Å². The Bertz CT molecular complexity index is 3970. The van der Waals surface area contributed by atoms with Crippen molar-refractivity contribution in [2.45, 2.75) is 10.8 Å². The Morgan fingerprint density at radius 2 is 0.757 bits per heavy atom. The maximum Gasteiger partial charge on any atom is 0.143 e. The minimum Gasteiger partial charge on any atom is -0.455 e. The number of nitrogens with zero attached hydrogens (tertiary/aromatic N) is 1. The summed E-state index contributed by atoms with van der Waals surface area (Å²) in [4.78, 5) is 2.52. The second-order valence-electron chi connectivity index (χ2n) is 19.0. The van der Waals surface area contributed by atoms with Gasteiger partial charge in [0.15, 0.2) is 0 Å². The van der Waals surface area contributed by atoms with Crippen molar-refractivity contribution in [1.29, 1.82) is 0 Å². The van der Waals surface area contributed by atoms with Crippen molar-refractivity contribution < 1.29 is 4.42 Å². The summed E-state index contributed by atoms with van der Waals surface area (Å²) in [6, 6.07) is 96.7. The van der Waals surface area contributed by atoms with Crippen LogP contribution in [0.15, 0.2) is 265 Å². The predicted molar refractivity (Wildman–Crippen MR) is 287 cm³/mol. The van der Waals surface area contributed by atoms with Gasteiger partial charge < -0.3 is 9.32 Å². The van der Waals surface area contributed by atoms with Gasteiger partial charge >= 0.3 is 0 Å². The first-order chi connectivity index (χ1) is 34.7. The fourth-order valence-corrected chi connectivity index (χ4v) is 13.1. The van der Waals surface area contributed by atoms with Gasteiger partial charge in [0, 0.05) is 33.3 Å². The number of fused-ring (bicyclic) bond motifs is 16. The molecule has 0 bridgehead atoms. The third-order valence-corrected chi connectivity index (χ3v) is 15.8. The minimum absolute atomic E-state index is 0.514. The van der Waals surface area contributed by atoms with Crippen molar-refractivity contribution in [3.8, 4) is 44.5 Å². The maximum atomic E-state index is 6.68. The van der Waals surface area contributed by atoms with Gasteiger partial charge in [-0.25, -0.2) is 0 Å². The van der Waals surface area contributed by atoms with E-state index in [4.69, 9.17) is 4.42 Å². The molecule has 15 rings (SSSR count). The Kier molecular flexibility index (Phi) is 8.24. The van der Waals surface area contributed by atoms with Crippen molar-refractivity contribution >= 4 is 39.0 Å². The van der Waals surface area contributed by atoms with Crippen LogP contribution in [-0.4, -0.2) is 0 Å². The molecule has 0 aliphatic heterocycles. The van der Waals surface area contributed by atoms with Gasteiger partial charge in [-0.2, -0.15) is 0 Å². The molecule has 0 N–H and O–H groups in total. The van der Waals surface area contributed by atoms with Crippen LogP contribution in [0.4, 0.5) is 17.1 Å². The Morgan fingerprint density at radius 1 is 0.300 bits per heavy atom. The number of hydrogen-bond acceptors (Lipinski definition) is 2. The van der Waals surface area contributed by atoms with Gasteiger partial charge in [-0.3, -0.25) is 0 Å². The second-order valence-corrected chi connectivity index (χ2v) is 19.0. The average Bonchev–Trinajstić information content (AvgIpc) is 4.16. The van der Waals surface area contributed by atoms with Gasteiger partial charge in [-0.1, -0.05) is 224 Å². The molecule has 3 aliphatic rings. The fraction of sp³-hybridized carbons (Fsp3) is 0.0294. The molecular formula is C68H43NO. The third-order valence-electron chi connectivity index (χ3n) is 15.8. The minimum atomic E-state index is -0.556. The third kappa shape index (κ3) is 5.12. The summed E-state index contributed by atoms with van der Waals surface area (Å²) >= 11 is 0. The zero-order chi connectivity index (χ0) is 46.0. The predicted octanol–water partition coefficient (Wildman–Crippen LogP) is 17.4. The van der Waals surface area contributed by atoms with Crippen LogP contribution in [0.25, 0.3) is 66.4 Å². The molecule has 70 heavy (non-hydrogen) atoms. The first-order valence-electron chi connectivity index (χ1n) is 24.3. The Balaban J connectivity index is 1.000. The van der Waals surface area contributed by atoms with E-state index in [2.05, 4.69) is 260 Å². The molecule has 12 aromatic rings. The molecule has 2 heteroatoms. The average molecular weight is 890 g/mol. The molecule has 0 saturated carbocycles. The SMILES string of the molecule is c1ccc(C2(c3ccc(N(c4cccc(-c5cccc6c5oc5ccccc56)c4)c4cccc5c4C4(c6ccccc6-c6ccccc64)c4ccccc4-5)cc3)c3ccccc3-c3ccccc32)cc1. The molecule has 1 heterocycles. The van der Waals surface area contributed by atoms with Gasteiger partial charge in [0.2, 0.25) is 0 Å². The lowest BCUT2D eigenvalue weighted by atomic mass is 9.67. The molecule has 3 aliphatic carbocycles. The summed E-state index contributed by atoms with van der Waals surface area (Å²) in [6.07, 6.45) is 0. The number of para-hydroxylation sites is 2. The molecule has 2 nitrogen and oxygen atoms in total. The summed E-state index contributed by atoms with van der Waals surface area (Å²) in [5, 5.41) is 2.24. The van der Waals surface area contributed by atoms with Crippen molar-refractivity contribution in [2.24, 2.45) is 0 Å². The largest absolute Gasteiger partial charge is 0.455 e. The number of benzene rings is 11. The quantitative estimate of drug-likeness (QED) is 0.165. The molecular weight excluding hydrogens is 847 g/mol. The molecule has 0 radical (unpaired) electrons. The maximum absolute atomic E-state index is 6.68. The molecule has 0 amide bonds. The highest BCUT2D eigenvalue weighted by Gasteiger charge is 2.53. The molecule has 326 valence electrons. The lowest BCUT2D eigenvalue weighted by molar-refractivity contribution is 0.670. The first-order valence-corrected chi connectivity index (χ1v) is 24.3. The van der Waals surface area contributed by atoms with Crippen molar-refractivity contribution in [3.63, 3.8) is 0 Å². The molecule has 1 spiro atoms. The monoisotopic (exact) mass is 889 g/mol. The standard InChI is InChI=1S/C68H43NO/c1-2-20-45(21-3-1)67(58-32-10-4-23-50(58)51-24-5-11-33-59(51)67)46-39-41-47(42-40-46)69(48-22-16-19-44(43-48)49-29-17-31-57-55-28-9-15-38-64(55)70-66(49)57)63-37-18-30-56-54-27-8-14-36-62(54)68(65(56)63)60-34-12-6-25-52(60)53-26-7-13-35-61(53)68/h1-43H.